The molecule has 8 nitrogen and oxygen atoms in total. The zero-order valence-corrected chi connectivity index (χ0v) is 19.0. The van der Waals surface area contributed by atoms with Gasteiger partial charge in [0.1, 0.15) is 23.0 Å². The molecule has 0 aliphatic heterocycles. The number of nitrogens with one attached hydrogen (secondary N) is 2. The summed E-state index contributed by atoms with van der Waals surface area (Å²) in [5.74, 6) is 0.452. The monoisotopic (exact) mass is 467 g/mol. The van der Waals surface area contributed by atoms with E-state index in [4.69, 9.17) is 4.74 Å². The molecule has 1 atom stereocenters. The molecule has 0 saturated heterocycles. The Balaban J connectivity index is 1.36. The minimum absolute atomic E-state index is 0.281. The number of hydrogen-bond acceptors (Lipinski definition) is 7. The highest BCUT2D eigenvalue weighted by molar-refractivity contribution is 7.16. The molecular weight excluding hydrogens is 446 g/mol. The normalized spacial score (nSPS) is 15.2. The number of aryl methyl sites for hydroxylation is 1. The summed E-state index contributed by atoms with van der Waals surface area (Å²) in [4.78, 5) is 30.6. The van der Waals surface area contributed by atoms with Crippen LogP contribution in [0.25, 0.3) is 6.08 Å². The van der Waals surface area contributed by atoms with Gasteiger partial charge in [0.25, 0.3) is 0 Å². The molecule has 2 N–H and O–H groups in total. The van der Waals surface area contributed by atoms with Crippen molar-refractivity contribution in [2.45, 2.75) is 31.9 Å². The van der Waals surface area contributed by atoms with Gasteiger partial charge in [-0.2, -0.15) is 5.26 Å². The van der Waals surface area contributed by atoms with Crippen molar-refractivity contribution in [2.24, 2.45) is 7.05 Å². The van der Waals surface area contributed by atoms with Crippen LogP contribution < -0.4 is 10.6 Å². The van der Waals surface area contributed by atoms with Crippen LogP contribution in [-0.4, -0.2) is 27.7 Å². The summed E-state index contributed by atoms with van der Waals surface area (Å²) in [6.07, 6.45) is 7.67. The lowest BCUT2D eigenvalue weighted by Gasteiger charge is -2.22. The Kier molecular flexibility index (Phi) is 6.68. The fraction of sp³-hybridized carbons (Fsp3) is 0.273. The maximum Gasteiger partial charge on any atom is 0.407 e. The number of amides is 2. The summed E-state index contributed by atoms with van der Waals surface area (Å²) in [6, 6.07) is 6.06. The predicted molar refractivity (Wildman–Crippen MR) is 123 cm³/mol. The molecule has 4 rings (SSSR count). The number of imidazole rings is 1. The third-order valence-corrected chi connectivity index (χ3v) is 7.10. The maximum atomic E-state index is 12.3. The van der Waals surface area contributed by atoms with E-state index in [1.54, 1.807) is 23.6 Å². The van der Waals surface area contributed by atoms with Gasteiger partial charge in [-0.15, -0.1) is 22.7 Å². The highest BCUT2D eigenvalue weighted by atomic mass is 32.1. The third kappa shape index (κ3) is 5.07. The lowest BCUT2D eigenvalue weighted by molar-refractivity contribution is -0.111. The summed E-state index contributed by atoms with van der Waals surface area (Å²) in [5.41, 5.74) is 1.43. The molecule has 0 saturated carbocycles. The number of carbonyl (C=O) groups is 2. The number of ether oxygens (including phenoxy) is 1. The first-order valence-corrected chi connectivity index (χ1v) is 11.7. The second kappa shape index (κ2) is 9.80. The van der Waals surface area contributed by atoms with Crippen molar-refractivity contribution in [3.05, 3.63) is 62.7 Å². The van der Waals surface area contributed by atoms with E-state index in [0.717, 1.165) is 21.1 Å². The Labute approximate surface area is 193 Å². The Hall–Kier alpha value is -3.42. The molecule has 32 heavy (non-hydrogen) atoms. The Morgan fingerprint density at radius 3 is 3.06 bits per heavy atom. The van der Waals surface area contributed by atoms with Gasteiger partial charge in [-0.25, -0.2) is 9.78 Å². The number of nitrogens with zero attached hydrogens (tertiary/aromatic N) is 3. The van der Waals surface area contributed by atoms with Gasteiger partial charge >= 0.3 is 6.09 Å². The van der Waals surface area contributed by atoms with Crippen LogP contribution in [0.15, 0.2) is 36.0 Å². The molecule has 0 spiro atoms. The number of hydrogen-bond donors (Lipinski definition) is 2. The summed E-state index contributed by atoms with van der Waals surface area (Å²) in [5, 5.41) is 17.7. The van der Waals surface area contributed by atoms with Gasteiger partial charge in [-0.1, -0.05) is 6.07 Å². The predicted octanol–water partition coefficient (Wildman–Crippen LogP) is 3.85. The minimum Gasteiger partial charge on any atom is -0.446 e. The van der Waals surface area contributed by atoms with E-state index in [-0.39, 0.29) is 18.6 Å². The Morgan fingerprint density at radius 1 is 1.47 bits per heavy atom. The molecule has 0 fully saturated rings. The molecule has 3 heterocycles. The van der Waals surface area contributed by atoms with Gasteiger partial charge in [0.2, 0.25) is 5.91 Å². The molecule has 1 unspecified atom stereocenters. The van der Waals surface area contributed by atoms with E-state index in [0.29, 0.717) is 29.8 Å². The van der Waals surface area contributed by atoms with Gasteiger partial charge in [0, 0.05) is 41.7 Å². The number of carbonyl (C=O) groups excluding carboxylic acids is 2. The van der Waals surface area contributed by atoms with Crippen molar-refractivity contribution in [1.29, 1.82) is 5.26 Å². The van der Waals surface area contributed by atoms with Gasteiger partial charge in [0.05, 0.1) is 12.1 Å². The number of nitriles is 1. The largest absolute Gasteiger partial charge is 0.446 e. The number of alkyl carbamates (subject to hydrolysis) is 1. The van der Waals surface area contributed by atoms with E-state index < -0.39 is 6.09 Å². The second-order valence-electron chi connectivity index (χ2n) is 7.24. The molecule has 3 aromatic heterocycles. The summed E-state index contributed by atoms with van der Waals surface area (Å²) >= 11 is 2.91. The smallest absolute Gasteiger partial charge is 0.407 e. The number of fused-ring (bicyclic) bond motifs is 1. The van der Waals surface area contributed by atoms with Crippen LogP contribution in [0, 0.1) is 11.3 Å². The molecule has 2 amide bonds. The molecular formula is C22H21N5O3S2. The van der Waals surface area contributed by atoms with Crippen molar-refractivity contribution in [1.82, 2.24) is 14.9 Å². The van der Waals surface area contributed by atoms with Crippen molar-refractivity contribution < 1.29 is 14.3 Å². The van der Waals surface area contributed by atoms with E-state index in [1.165, 1.54) is 17.4 Å². The Morgan fingerprint density at radius 2 is 2.34 bits per heavy atom. The Bertz CT molecular complexity index is 1190. The zero-order valence-electron chi connectivity index (χ0n) is 17.3. The van der Waals surface area contributed by atoms with Crippen LogP contribution in [-0.2, 0) is 36.0 Å². The maximum absolute atomic E-state index is 12.3. The first-order chi connectivity index (χ1) is 15.5. The number of anilines is 1. The lowest BCUT2D eigenvalue weighted by atomic mass is 9.94. The van der Waals surface area contributed by atoms with Crippen LogP contribution in [0.4, 0.5) is 9.80 Å². The first kappa shape index (κ1) is 21.8. The second-order valence-corrected chi connectivity index (χ2v) is 9.32. The van der Waals surface area contributed by atoms with E-state index in [2.05, 4.69) is 21.7 Å². The zero-order chi connectivity index (χ0) is 22.5. The van der Waals surface area contributed by atoms with Gasteiger partial charge in [0.15, 0.2) is 0 Å². The molecule has 10 heteroatoms. The highest BCUT2D eigenvalue weighted by Crippen LogP contribution is 2.38. The average molecular weight is 468 g/mol. The van der Waals surface area contributed by atoms with Gasteiger partial charge in [-0.3, -0.25) is 4.79 Å². The van der Waals surface area contributed by atoms with Gasteiger partial charge in [-0.05, 0) is 35.9 Å². The van der Waals surface area contributed by atoms with Crippen molar-refractivity contribution in [2.75, 3.05) is 5.32 Å². The standard InChI is InChI=1S/C22H21N5O3S2/c1-27-9-8-24-19(27)13-25-22(29)30-14-4-6-16-17(12-23)21(32-18(16)11-14)26-20(28)7-5-15-3-2-10-31-15/h2-3,5,7-10,14H,4,6,11,13H2,1H3,(H,25,29)(H,26,28). The topological polar surface area (TPSA) is 109 Å². The minimum atomic E-state index is -0.495. The van der Waals surface area contributed by atoms with Crippen LogP contribution in [0.5, 0.6) is 0 Å². The number of aromatic nitrogens is 2. The van der Waals surface area contributed by atoms with Crippen LogP contribution in [0.2, 0.25) is 0 Å². The third-order valence-electron chi connectivity index (χ3n) is 5.10. The fourth-order valence-electron chi connectivity index (χ4n) is 3.47. The molecule has 164 valence electrons. The van der Waals surface area contributed by atoms with Crippen molar-refractivity contribution in [3.63, 3.8) is 0 Å². The van der Waals surface area contributed by atoms with E-state index in [1.807, 2.05) is 35.3 Å². The van der Waals surface area contributed by atoms with Crippen LogP contribution >= 0.6 is 22.7 Å². The quantitative estimate of drug-likeness (QED) is 0.535. The molecule has 1 aliphatic rings. The summed E-state index contributed by atoms with van der Waals surface area (Å²) in [6.45, 7) is 0.285. The van der Waals surface area contributed by atoms with Crippen LogP contribution in [0.3, 0.4) is 0 Å². The fourth-order valence-corrected chi connectivity index (χ4v) is 5.35. The molecule has 0 radical (unpaired) electrons. The SMILES string of the molecule is Cn1ccnc1CNC(=O)OC1CCc2c(sc(NC(=O)C=Cc3cccs3)c2C#N)C1. The summed E-state index contributed by atoms with van der Waals surface area (Å²) < 4.78 is 7.40. The molecule has 1 aliphatic carbocycles. The number of thiophene rings is 2. The molecule has 3 aromatic rings. The van der Waals surface area contributed by atoms with Crippen molar-refractivity contribution >= 4 is 45.8 Å². The summed E-state index contributed by atoms with van der Waals surface area (Å²) in [7, 11) is 1.86. The van der Waals surface area contributed by atoms with E-state index in [9.17, 15) is 14.9 Å². The lowest BCUT2D eigenvalue weighted by Crippen LogP contribution is -2.32. The van der Waals surface area contributed by atoms with E-state index >= 15 is 0 Å². The molecule has 0 bridgehead atoms. The van der Waals surface area contributed by atoms with Gasteiger partial charge < -0.3 is 19.9 Å². The average Bonchev–Trinajstić information content (AvgIpc) is 3.50. The highest BCUT2D eigenvalue weighted by Gasteiger charge is 2.28. The van der Waals surface area contributed by atoms with Crippen molar-refractivity contribution in [3.8, 4) is 6.07 Å². The first-order valence-electron chi connectivity index (χ1n) is 10.0. The number of rotatable bonds is 6. The molecule has 0 aromatic carbocycles. The van der Waals surface area contributed by atoms with Crippen LogP contribution in [0.1, 0.15) is 33.1 Å².